The van der Waals surface area contributed by atoms with Crippen LogP contribution < -0.4 is 0 Å². The standard InChI is InChI=1S/C18H38O2.C12H24O2/c19-17-15-13-11-9-7-5-3-1-2-4-6-8-10-12-14-16-18-20;1-2-3-4-5-6-7-8-9-10-11-12(13)14/h19-20H,1-18H2;2-11H2,1H3,(H,13,14). The van der Waals surface area contributed by atoms with Crippen LogP contribution in [0.25, 0.3) is 0 Å². The van der Waals surface area contributed by atoms with E-state index < -0.39 is 5.97 Å². The van der Waals surface area contributed by atoms with Gasteiger partial charge in [-0.25, -0.2) is 0 Å². The van der Waals surface area contributed by atoms with E-state index in [1.54, 1.807) is 0 Å². The first-order chi connectivity index (χ1) is 16.7. The Morgan fingerprint density at radius 3 is 0.882 bits per heavy atom. The number of aliphatic hydroxyl groups excluding tert-OH is 2. The molecule has 4 heteroatoms. The van der Waals surface area contributed by atoms with Gasteiger partial charge in [-0.05, 0) is 19.3 Å². The van der Waals surface area contributed by atoms with Crippen LogP contribution in [0.15, 0.2) is 0 Å². The molecule has 0 atom stereocenters. The first kappa shape index (κ1) is 35.6. The molecule has 206 valence electrons. The lowest BCUT2D eigenvalue weighted by Crippen LogP contribution is -1.93. The lowest BCUT2D eigenvalue weighted by molar-refractivity contribution is -0.137. The van der Waals surface area contributed by atoms with Gasteiger partial charge in [-0.2, -0.15) is 0 Å². The van der Waals surface area contributed by atoms with Gasteiger partial charge >= 0.3 is 5.97 Å². The van der Waals surface area contributed by atoms with Gasteiger partial charge in [-0.15, -0.1) is 0 Å². The zero-order valence-corrected chi connectivity index (χ0v) is 23.0. The Labute approximate surface area is 213 Å². The smallest absolute Gasteiger partial charge is 0.303 e. The number of carbonyl (C=O) groups is 1. The van der Waals surface area contributed by atoms with Crippen molar-refractivity contribution < 1.29 is 20.1 Å². The van der Waals surface area contributed by atoms with E-state index in [2.05, 4.69) is 6.92 Å². The maximum absolute atomic E-state index is 10.2. The zero-order chi connectivity index (χ0) is 25.4. The second kappa shape index (κ2) is 34.6. The van der Waals surface area contributed by atoms with E-state index in [-0.39, 0.29) is 0 Å². The van der Waals surface area contributed by atoms with Gasteiger partial charge in [-0.3, -0.25) is 4.79 Å². The summed E-state index contributed by atoms with van der Waals surface area (Å²) in [5.74, 6) is -0.659. The van der Waals surface area contributed by atoms with Crippen molar-refractivity contribution in [3.63, 3.8) is 0 Å². The highest BCUT2D eigenvalue weighted by molar-refractivity contribution is 5.66. The van der Waals surface area contributed by atoms with E-state index in [1.165, 1.54) is 135 Å². The third kappa shape index (κ3) is 38.6. The minimum Gasteiger partial charge on any atom is -0.481 e. The molecule has 0 bridgehead atoms. The highest BCUT2D eigenvalue weighted by Gasteiger charge is 1.96. The maximum Gasteiger partial charge on any atom is 0.303 e. The van der Waals surface area contributed by atoms with E-state index >= 15 is 0 Å². The number of hydrogen-bond donors (Lipinski definition) is 3. The van der Waals surface area contributed by atoms with Crippen LogP contribution in [0.5, 0.6) is 0 Å². The van der Waals surface area contributed by atoms with Gasteiger partial charge in [0.05, 0.1) is 0 Å². The van der Waals surface area contributed by atoms with Gasteiger partial charge < -0.3 is 15.3 Å². The second-order valence-electron chi connectivity index (χ2n) is 10.1. The molecule has 0 saturated carbocycles. The van der Waals surface area contributed by atoms with Crippen molar-refractivity contribution in [2.24, 2.45) is 0 Å². The van der Waals surface area contributed by atoms with Crippen molar-refractivity contribution in [1.29, 1.82) is 0 Å². The molecule has 0 aromatic carbocycles. The fourth-order valence-corrected chi connectivity index (χ4v) is 4.29. The number of carboxylic acids is 1. The summed E-state index contributed by atoms with van der Waals surface area (Å²) in [5.41, 5.74) is 0. The van der Waals surface area contributed by atoms with E-state index in [9.17, 15) is 4.79 Å². The normalized spacial score (nSPS) is 10.8. The molecule has 34 heavy (non-hydrogen) atoms. The molecule has 0 aromatic heterocycles. The van der Waals surface area contributed by atoms with Gasteiger partial charge in [0.15, 0.2) is 0 Å². The zero-order valence-electron chi connectivity index (χ0n) is 23.0. The van der Waals surface area contributed by atoms with Crippen LogP contribution in [0.4, 0.5) is 0 Å². The molecular formula is C30H62O4. The highest BCUT2D eigenvalue weighted by Crippen LogP contribution is 2.13. The Hall–Kier alpha value is -0.610. The number of hydrogen-bond acceptors (Lipinski definition) is 3. The quantitative estimate of drug-likeness (QED) is 0.101. The maximum atomic E-state index is 10.2. The molecule has 0 spiro atoms. The third-order valence-corrected chi connectivity index (χ3v) is 6.56. The van der Waals surface area contributed by atoms with Crippen LogP contribution in [0.1, 0.15) is 174 Å². The molecule has 0 radical (unpaired) electrons. The Morgan fingerprint density at radius 2 is 0.647 bits per heavy atom. The van der Waals surface area contributed by atoms with E-state index in [1.807, 2.05) is 0 Å². The number of unbranched alkanes of at least 4 members (excludes halogenated alkanes) is 23. The van der Waals surface area contributed by atoms with Crippen molar-refractivity contribution in [1.82, 2.24) is 0 Å². The van der Waals surface area contributed by atoms with Crippen LogP contribution in [0.3, 0.4) is 0 Å². The topological polar surface area (TPSA) is 77.8 Å². The molecule has 0 unspecified atom stereocenters. The van der Waals surface area contributed by atoms with Crippen LogP contribution in [-0.4, -0.2) is 34.5 Å². The summed E-state index contributed by atoms with van der Waals surface area (Å²) in [5, 5.41) is 25.8. The molecule has 0 heterocycles. The van der Waals surface area contributed by atoms with E-state index in [4.69, 9.17) is 15.3 Å². The van der Waals surface area contributed by atoms with Crippen LogP contribution in [0, 0.1) is 0 Å². The molecule has 0 saturated heterocycles. The number of aliphatic hydroxyl groups is 2. The predicted octanol–water partition coefficient (Wildman–Crippen LogP) is 9.20. The molecule has 0 rings (SSSR count). The predicted molar refractivity (Wildman–Crippen MR) is 148 cm³/mol. The highest BCUT2D eigenvalue weighted by atomic mass is 16.4. The second-order valence-corrected chi connectivity index (χ2v) is 10.1. The summed E-state index contributed by atoms with van der Waals surface area (Å²) in [4.78, 5) is 10.2. The fraction of sp³-hybridized carbons (Fsp3) is 0.967. The molecule has 0 aromatic rings. The van der Waals surface area contributed by atoms with E-state index in [0.29, 0.717) is 19.6 Å². The van der Waals surface area contributed by atoms with Crippen molar-refractivity contribution in [2.75, 3.05) is 13.2 Å². The first-order valence-electron chi connectivity index (χ1n) is 15.1. The SMILES string of the molecule is CCCCCCCCCCCC(=O)O.OCCCCCCCCCCCCCCCCCCO. The monoisotopic (exact) mass is 486 g/mol. The lowest BCUT2D eigenvalue weighted by Gasteiger charge is -2.03. The first-order valence-corrected chi connectivity index (χ1v) is 15.1. The summed E-state index contributed by atoms with van der Waals surface area (Å²) < 4.78 is 0. The minimum absolute atomic E-state index is 0.343. The molecule has 0 aliphatic carbocycles. The molecule has 4 nitrogen and oxygen atoms in total. The molecule has 0 aliphatic heterocycles. The van der Waals surface area contributed by atoms with Gasteiger partial charge in [0, 0.05) is 19.6 Å². The van der Waals surface area contributed by atoms with Crippen LogP contribution in [-0.2, 0) is 4.79 Å². The average Bonchev–Trinajstić information content (AvgIpc) is 2.83. The number of aliphatic carboxylic acids is 1. The van der Waals surface area contributed by atoms with Crippen molar-refractivity contribution >= 4 is 5.97 Å². The summed E-state index contributed by atoms with van der Waals surface area (Å²) in [6.07, 6.45) is 32.4. The van der Waals surface area contributed by atoms with Crippen LogP contribution in [0.2, 0.25) is 0 Å². The Morgan fingerprint density at radius 1 is 0.412 bits per heavy atom. The van der Waals surface area contributed by atoms with E-state index in [0.717, 1.165) is 25.7 Å². The Bertz CT molecular complexity index is 342. The van der Waals surface area contributed by atoms with Crippen molar-refractivity contribution in [3.8, 4) is 0 Å². The molecular weight excluding hydrogens is 424 g/mol. The fourth-order valence-electron chi connectivity index (χ4n) is 4.29. The van der Waals surface area contributed by atoms with Gasteiger partial charge in [0.1, 0.15) is 0 Å². The summed E-state index contributed by atoms with van der Waals surface area (Å²) in [6.45, 7) is 2.95. The average molecular weight is 487 g/mol. The molecule has 0 amide bonds. The number of rotatable bonds is 27. The molecule has 0 fully saturated rings. The van der Waals surface area contributed by atoms with Crippen molar-refractivity contribution in [3.05, 3.63) is 0 Å². The van der Waals surface area contributed by atoms with Gasteiger partial charge in [0.2, 0.25) is 0 Å². The summed E-state index contributed by atoms with van der Waals surface area (Å²) in [7, 11) is 0. The minimum atomic E-state index is -0.659. The summed E-state index contributed by atoms with van der Waals surface area (Å²) in [6, 6.07) is 0. The lowest BCUT2D eigenvalue weighted by atomic mass is 10.0. The van der Waals surface area contributed by atoms with Gasteiger partial charge in [-0.1, -0.05) is 148 Å². The van der Waals surface area contributed by atoms with Crippen molar-refractivity contribution in [2.45, 2.75) is 174 Å². The van der Waals surface area contributed by atoms with Gasteiger partial charge in [0.25, 0.3) is 0 Å². The molecule has 3 N–H and O–H groups in total. The Kier molecular flexibility index (Phi) is 36.1. The van der Waals surface area contributed by atoms with Crippen LogP contribution >= 0.6 is 0 Å². The number of carboxylic acid groups (broad SMARTS) is 1. The third-order valence-electron chi connectivity index (χ3n) is 6.56. The largest absolute Gasteiger partial charge is 0.481 e. The Balaban J connectivity index is 0. The summed E-state index contributed by atoms with van der Waals surface area (Å²) >= 11 is 0. The molecule has 0 aliphatic rings.